The maximum atomic E-state index is 9.98. The molecule has 0 aliphatic carbocycles. The Labute approximate surface area is 104 Å². The van der Waals surface area contributed by atoms with Gasteiger partial charge in [0.05, 0.1) is 6.10 Å². The Morgan fingerprint density at radius 1 is 1.31 bits per heavy atom. The predicted molar refractivity (Wildman–Crippen MR) is 65.0 cm³/mol. The molecule has 0 aromatic heterocycles. The number of benzene rings is 1. The molecule has 1 aromatic carbocycles. The zero-order valence-corrected chi connectivity index (χ0v) is 10.8. The molecule has 1 atom stereocenters. The first kappa shape index (κ1) is 11.7. The molecular weight excluding hydrogens is 272 g/mol. The minimum absolute atomic E-state index is 0.449. The first-order valence-corrected chi connectivity index (χ1v) is 6.28. The van der Waals surface area contributed by atoms with Crippen molar-refractivity contribution >= 4 is 15.9 Å². The number of fused-ring (bicyclic) bond motifs is 1. The molecule has 2 rings (SSSR count). The van der Waals surface area contributed by atoms with E-state index in [0.29, 0.717) is 13.2 Å². The zero-order valence-electron chi connectivity index (χ0n) is 9.20. The van der Waals surface area contributed by atoms with Crippen LogP contribution in [0.25, 0.3) is 0 Å². The molecule has 1 N–H and O–H groups in total. The second-order valence-electron chi connectivity index (χ2n) is 3.82. The van der Waals surface area contributed by atoms with Crippen molar-refractivity contribution in [2.75, 3.05) is 13.2 Å². The van der Waals surface area contributed by atoms with Gasteiger partial charge in [-0.05, 0) is 24.1 Å². The average molecular weight is 287 g/mol. The molecule has 0 bridgehead atoms. The lowest BCUT2D eigenvalue weighted by Crippen LogP contribution is -2.16. The highest BCUT2D eigenvalue weighted by Crippen LogP contribution is 2.38. The molecule has 0 fully saturated rings. The predicted octanol–water partition coefficient (Wildman–Crippen LogP) is 3.05. The first-order chi connectivity index (χ1) is 7.72. The van der Waals surface area contributed by atoms with Crippen LogP contribution in [-0.2, 0) is 0 Å². The van der Waals surface area contributed by atoms with Gasteiger partial charge in [0.1, 0.15) is 13.2 Å². The van der Waals surface area contributed by atoms with Crippen LogP contribution < -0.4 is 9.47 Å². The Hall–Kier alpha value is -0.740. The van der Waals surface area contributed by atoms with Crippen molar-refractivity contribution in [3.05, 3.63) is 22.2 Å². The summed E-state index contributed by atoms with van der Waals surface area (Å²) in [6.07, 6.45) is 1.25. The molecule has 1 aliphatic rings. The number of halogens is 1. The van der Waals surface area contributed by atoms with Gasteiger partial charge in [0.15, 0.2) is 11.5 Å². The highest BCUT2D eigenvalue weighted by Gasteiger charge is 2.18. The van der Waals surface area contributed by atoms with Crippen LogP contribution in [0.5, 0.6) is 11.5 Å². The standard InChI is InChI=1S/C12H15BrO3/c1-2-3-10(14)8-6-11-12(7-9(8)13)16-5-4-15-11/h6-7,10,14H,2-5H2,1H3. The molecule has 0 spiro atoms. The summed E-state index contributed by atoms with van der Waals surface area (Å²) in [5, 5.41) is 9.98. The van der Waals surface area contributed by atoms with E-state index in [1.54, 1.807) is 0 Å². The van der Waals surface area contributed by atoms with Crippen LogP contribution in [0, 0.1) is 0 Å². The second kappa shape index (κ2) is 5.06. The van der Waals surface area contributed by atoms with E-state index in [1.165, 1.54) is 0 Å². The molecule has 0 saturated carbocycles. The minimum Gasteiger partial charge on any atom is -0.486 e. The lowest BCUT2D eigenvalue weighted by Gasteiger charge is -2.21. The first-order valence-electron chi connectivity index (χ1n) is 5.49. The number of rotatable bonds is 3. The van der Waals surface area contributed by atoms with Crippen LogP contribution in [0.4, 0.5) is 0 Å². The number of hydrogen-bond acceptors (Lipinski definition) is 3. The Bertz CT molecular complexity index is 379. The summed E-state index contributed by atoms with van der Waals surface area (Å²) in [5.41, 5.74) is 0.867. The smallest absolute Gasteiger partial charge is 0.162 e. The fourth-order valence-corrected chi connectivity index (χ4v) is 2.35. The van der Waals surface area contributed by atoms with Crippen molar-refractivity contribution in [3.63, 3.8) is 0 Å². The number of hydrogen-bond donors (Lipinski definition) is 1. The number of aliphatic hydroxyl groups is 1. The van der Waals surface area contributed by atoms with Gasteiger partial charge >= 0.3 is 0 Å². The Kier molecular flexibility index (Phi) is 3.71. The molecule has 1 aromatic rings. The fourth-order valence-electron chi connectivity index (χ4n) is 1.76. The van der Waals surface area contributed by atoms with Gasteiger partial charge in [-0.1, -0.05) is 29.3 Å². The summed E-state index contributed by atoms with van der Waals surface area (Å²) < 4.78 is 11.8. The van der Waals surface area contributed by atoms with Gasteiger partial charge in [-0.15, -0.1) is 0 Å². The van der Waals surface area contributed by atoms with Crippen molar-refractivity contribution < 1.29 is 14.6 Å². The Morgan fingerprint density at radius 3 is 2.56 bits per heavy atom. The molecular formula is C12H15BrO3. The van der Waals surface area contributed by atoms with E-state index >= 15 is 0 Å². The third kappa shape index (κ3) is 2.33. The Balaban J connectivity index is 2.31. The summed E-state index contributed by atoms with van der Waals surface area (Å²) in [7, 11) is 0. The molecule has 4 heteroatoms. The largest absolute Gasteiger partial charge is 0.486 e. The number of ether oxygens (including phenoxy) is 2. The molecule has 3 nitrogen and oxygen atoms in total. The molecule has 0 radical (unpaired) electrons. The summed E-state index contributed by atoms with van der Waals surface area (Å²) in [6.45, 7) is 3.20. The third-order valence-electron chi connectivity index (χ3n) is 2.58. The van der Waals surface area contributed by atoms with E-state index < -0.39 is 6.10 Å². The third-order valence-corrected chi connectivity index (χ3v) is 3.27. The normalized spacial score (nSPS) is 15.9. The van der Waals surface area contributed by atoms with Gasteiger partial charge in [-0.2, -0.15) is 0 Å². The van der Waals surface area contributed by atoms with Crippen LogP contribution in [0.15, 0.2) is 16.6 Å². The zero-order chi connectivity index (χ0) is 11.5. The van der Waals surface area contributed by atoms with Crippen molar-refractivity contribution in [3.8, 4) is 11.5 Å². The van der Waals surface area contributed by atoms with Crippen LogP contribution in [0.3, 0.4) is 0 Å². The van der Waals surface area contributed by atoms with Gasteiger partial charge in [-0.3, -0.25) is 0 Å². The van der Waals surface area contributed by atoms with E-state index in [1.807, 2.05) is 12.1 Å². The quantitative estimate of drug-likeness (QED) is 0.928. The fraction of sp³-hybridized carbons (Fsp3) is 0.500. The molecule has 0 saturated heterocycles. The highest BCUT2D eigenvalue weighted by molar-refractivity contribution is 9.10. The van der Waals surface area contributed by atoms with E-state index in [0.717, 1.165) is 34.4 Å². The molecule has 1 unspecified atom stereocenters. The molecule has 88 valence electrons. The minimum atomic E-state index is -0.449. The molecule has 1 aliphatic heterocycles. The summed E-state index contributed by atoms with van der Waals surface area (Å²) >= 11 is 3.45. The Morgan fingerprint density at radius 2 is 1.94 bits per heavy atom. The van der Waals surface area contributed by atoms with Crippen molar-refractivity contribution in [2.45, 2.75) is 25.9 Å². The van der Waals surface area contributed by atoms with Crippen LogP contribution in [-0.4, -0.2) is 18.3 Å². The highest BCUT2D eigenvalue weighted by atomic mass is 79.9. The molecule has 1 heterocycles. The maximum Gasteiger partial charge on any atom is 0.162 e. The molecule has 16 heavy (non-hydrogen) atoms. The van der Waals surface area contributed by atoms with Gasteiger partial charge in [0, 0.05) is 4.47 Å². The van der Waals surface area contributed by atoms with Crippen molar-refractivity contribution in [1.29, 1.82) is 0 Å². The summed E-state index contributed by atoms with van der Waals surface area (Å²) in [4.78, 5) is 0. The van der Waals surface area contributed by atoms with E-state index in [2.05, 4.69) is 22.9 Å². The van der Waals surface area contributed by atoms with Crippen LogP contribution in [0.1, 0.15) is 31.4 Å². The van der Waals surface area contributed by atoms with E-state index in [-0.39, 0.29) is 0 Å². The van der Waals surface area contributed by atoms with Gasteiger partial charge in [-0.25, -0.2) is 0 Å². The van der Waals surface area contributed by atoms with Gasteiger partial charge < -0.3 is 14.6 Å². The van der Waals surface area contributed by atoms with E-state index in [4.69, 9.17) is 9.47 Å². The van der Waals surface area contributed by atoms with Gasteiger partial charge in [0.2, 0.25) is 0 Å². The maximum absolute atomic E-state index is 9.98. The van der Waals surface area contributed by atoms with Crippen molar-refractivity contribution in [2.24, 2.45) is 0 Å². The number of aliphatic hydroxyl groups excluding tert-OH is 1. The lowest BCUT2D eigenvalue weighted by molar-refractivity contribution is 0.158. The summed E-state index contributed by atoms with van der Waals surface area (Å²) in [5.74, 6) is 1.46. The second-order valence-corrected chi connectivity index (χ2v) is 4.68. The van der Waals surface area contributed by atoms with E-state index in [9.17, 15) is 5.11 Å². The lowest BCUT2D eigenvalue weighted by atomic mass is 10.0. The topological polar surface area (TPSA) is 38.7 Å². The van der Waals surface area contributed by atoms with Crippen molar-refractivity contribution in [1.82, 2.24) is 0 Å². The average Bonchev–Trinajstić information content (AvgIpc) is 2.28. The van der Waals surface area contributed by atoms with Crippen LogP contribution >= 0.6 is 15.9 Å². The molecule has 0 amide bonds. The SMILES string of the molecule is CCCC(O)c1cc2c(cc1Br)OCCO2. The van der Waals surface area contributed by atoms with Crippen LogP contribution in [0.2, 0.25) is 0 Å². The van der Waals surface area contributed by atoms with Gasteiger partial charge in [0.25, 0.3) is 0 Å². The summed E-state index contributed by atoms with van der Waals surface area (Å²) in [6, 6.07) is 3.72. The monoisotopic (exact) mass is 286 g/mol.